The second-order valence-electron chi connectivity index (χ2n) is 3.79. The van der Waals surface area contributed by atoms with Crippen molar-refractivity contribution in [1.29, 1.82) is 0 Å². The first-order valence-corrected chi connectivity index (χ1v) is 5.32. The van der Waals surface area contributed by atoms with Gasteiger partial charge in [-0.1, -0.05) is 6.07 Å². The van der Waals surface area contributed by atoms with Crippen LogP contribution in [-0.2, 0) is 10.9 Å². The Balaban J connectivity index is 2.05. The molecule has 1 saturated heterocycles. The number of hydrogen-bond acceptors (Lipinski definition) is 3. The molecular formula is C11H13F3N2O. The maximum atomic E-state index is 12.5. The van der Waals surface area contributed by atoms with Crippen molar-refractivity contribution in [2.24, 2.45) is 0 Å². The second-order valence-corrected chi connectivity index (χ2v) is 3.79. The van der Waals surface area contributed by atoms with E-state index < -0.39 is 11.7 Å². The minimum Gasteiger partial charge on any atom is -0.379 e. The lowest BCUT2D eigenvalue weighted by atomic mass is 10.2. The third kappa shape index (κ3) is 3.34. The molecule has 0 bridgehead atoms. The van der Waals surface area contributed by atoms with Gasteiger partial charge in [-0.3, -0.25) is 0 Å². The van der Waals surface area contributed by atoms with E-state index >= 15 is 0 Å². The number of halogens is 3. The zero-order chi connectivity index (χ0) is 12.3. The number of morpholine rings is 1. The number of hydrazine groups is 1. The SMILES string of the molecule is FC(F)(F)c1cccc(NN2CCOCC2)c1. The van der Waals surface area contributed by atoms with E-state index in [1.54, 1.807) is 6.07 Å². The van der Waals surface area contributed by atoms with Crippen molar-refractivity contribution in [3.05, 3.63) is 29.8 Å². The number of nitrogens with one attached hydrogen (secondary N) is 1. The van der Waals surface area contributed by atoms with Gasteiger partial charge in [-0.05, 0) is 18.2 Å². The summed E-state index contributed by atoms with van der Waals surface area (Å²) in [7, 11) is 0. The molecule has 1 fully saturated rings. The van der Waals surface area contributed by atoms with Crippen LogP contribution in [-0.4, -0.2) is 31.3 Å². The lowest BCUT2D eigenvalue weighted by Crippen LogP contribution is -2.40. The fourth-order valence-corrected chi connectivity index (χ4v) is 1.62. The molecule has 94 valence electrons. The standard InChI is InChI=1S/C11H13F3N2O/c12-11(13,14)9-2-1-3-10(8-9)15-16-4-6-17-7-5-16/h1-3,8,15H,4-7H2. The van der Waals surface area contributed by atoms with E-state index in [1.807, 2.05) is 5.01 Å². The molecule has 2 rings (SSSR count). The maximum Gasteiger partial charge on any atom is 0.416 e. The fourth-order valence-electron chi connectivity index (χ4n) is 1.62. The summed E-state index contributed by atoms with van der Waals surface area (Å²) in [5.41, 5.74) is 2.75. The van der Waals surface area contributed by atoms with Gasteiger partial charge in [0.1, 0.15) is 0 Å². The molecular weight excluding hydrogens is 233 g/mol. The summed E-state index contributed by atoms with van der Waals surface area (Å²) in [5.74, 6) is 0. The van der Waals surface area contributed by atoms with E-state index in [-0.39, 0.29) is 0 Å². The van der Waals surface area contributed by atoms with Crippen LogP contribution in [0.1, 0.15) is 5.56 Å². The molecule has 1 heterocycles. The Kier molecular flexibility index (Phi) is 3.54. The Bertz CT molecular complexity index is 375. The zero-order valence-corrected chi connectivity index (χ0v) is 9.13. The smallest absolute Gasteiger partial charge is 0.379 e. The van der Waals surface area contributed by atoms with Crippen molar-refractivity contribution < 1.29 is 17.9 Å². The predicted molar refractivity (Wildman–Crippen MR) is 57.5 cm³/mol. The quantitative estimate of drug-likeness (QED) is 0.867. The van der Waals surface area contributed by atoms with Crippen molar-refractivity contribution in [3.63, 3.8) is 0 Å². The molecule has 6 heteroatoms. The Morgan fingerprint density at radius 1 is 1.18 bits per heavy atom. The molecule has 0 spiro atoms. The maximum absolute atomic E-state index is 12.5. The van der Waals surface area contributed by atoms with Crippen molar-refractivity contribution in [3.8, 4) is 0 Å². The monoisotopic (exact) mass is 246 g/mol. The van der Waals surface area contributed by atoms with Gasteiger partial charge in [0.15, 0.2) is 0 Å². The Labute approximate surface area is 97.1 Å². The molecule has 1 aromatic carbocycles. The van der Waals surface area contributed by atoms with Crippen LogP contribution < -0.4 is 5.43 Å². The molecule has 17 heavy (non-hydrogen) atoms. The van der Waals surface area contributed by atoms with Gasteiger partial charge >= 0.3 is 6.18 Å². The van der Waals surface area contributed by atoms with Crippen molar-refractivity contribution in [1.82, 2.24) is 5.01 Å². The van der Waals surface area contributed by atoms with E-state index in [0.29, 0.717) is 32.0 Å². The first-order chi connectivity index (χ1) is 8.05. The molecule has 1 aliphatic rings. The van der Waals surface area contributed by atoms with Crippen molar-refractivity contribution >= 4 is 5.69 Å². The Morgan fingerprint density at radius 2 is 1.88 bits per heavy atom. The number of rotatable bonds is 2. The zero-order valence-electron chi connectivity index (χ0n) is 9.13. The van der Waals surface area contributed by atoms with Crippen LogP contribution in [0.2, 0.25) is 0 Å². The highest BCUT2D eigenvalue weighted by molar-refractivity contribution is 5.45. The van der Waals surface area contributed by atoms with Crippen LogP contribution in [0.15, 0.2) is 24.3 Å². The first-order valence-electron chi connectivity index (χ1n) is 5.32. The molecule has 0 radical (unpaired) electrons. The number of ether oxygens (including phenoxy) is 1. The first kappa shape index (κ1) is 12.2. The summed E-state index contributed by atoms with van der Waals surface area (Å²) in [6.45, 7) is 2.50. The van der Waals surface area contributed by atoms with Crippen molar-refractivity contribution in [2.45, 2.75) is 6.18 Å². The van der Waals surface area contributed by atoms with Gasteiger partial charge in [-0.2, -0.15) is 13.2 Å². The molecule has 0 unspecified atom stereocenters. The highest BCUT2D eigenvalue weighted by Gasteiger charge is 2.30. The van der Waals surface area contributed by atoms with E-state index in [9.17, 15) is 13.2 Å². The minimum absolute atomic E-state index is 0.446. The summed E-state index contributed by atoms with van der Waals surface area (Å²) in [6, 6.07) is 5.18. The molecule has 1 aliphatic heterocycles. The van der Waals surface area contributed by atoms with Crippen LogP contribution >= 0.6 is 0 Å². The van der Waals surface area contributed by atoms with Gasteiger partial charge in [0.25, 0.3) is 0 Å². The Hall–Kier alpha value is -1.27. The average molecular weight is 246 g/mol. The van der Waals surface area contributed by atoms with Gasteiger partial charge in [0.05, 0.1) is 18.8 Å². The molecule has 0 saturated carbocycles. The number of anilines is 1. The third-order valence-electron chi connectivity index (χ3n) is 2.49. The van der Waals surface area contributed by atoms with Crippen LogP contribution in [0.3, 0.4) is 0 Å². The number of benzene rings is 1. The summed E-state index contributed by atoms with van der Waals surface area (Å²) in [6.07, 6.45) is -4.30. The van der Waals surface area contributed by atoms with Crippen LogP contribution in [0.4, 0.5) is 18.9 Å². The molecule has 1 N–H and O–H groups in total. The van der Waals surface area contributed by atoms with Gasteiger partial charge in [0, 0.05) is 18.8 Å². The molecule has 0 aromatic heterocycles. The third-order valence-corrected chi connectivity index (χ3v) is 2.49. The molecule has 1 aromatic rings. The van der Waals surface area contributed by atoms with Gasteiger partial charge in [0.2, 0.25) is 0 Å². The Morgan fingerprint density at radius 3 is 2.53 bits per heavy atom. The largest absolute Gasteiger partial charge is 0.416 e. The number of alkyl halides is 3. The summed E-state index contributed by atoms with van der Waals surface area (Å²) in [5, 5.41) is 1.85. The van der Waals surface area contributed by atoms with Gasteiger partial charge < -0.3 is 10.2 Å². The van der Waals surface area contributed by atoms with Crippen LogP contribution in [0.5, 0.6) is 0 Å². The lowest BCUT2D eigenvalue weighted by Gasteiger charge is -2.28. The second kappa shape index (κ2) is 4.93. The fraction of sp³-hybridized carbons (Fsp3) is 0.455. The molecule has 0 atom stereocenters. The summed E-state index contributed by atoms with van der Waals surface area (Å²) in [4.78, 5) is 0. The molecule has 0 aliphatic carbocycles. The summed E-state index contributed by atoms with van der Waals surface area (Å²) < 4.78 is 42.6. The highest BCUT2D eigenvalue weighted by atomic mass is 19.4. The predicted octanol–water partition coefficient (Wildman–Crippen LogP) is 2.36. The lowest BCUT2D eigenvalue weighted by molar-refractivity contribution is -0.137. The number of hydrogen-bond donors (Lipinski definition) is 1. The van der Waals surface area contributed by atoms with Crippen LogP contribution in [0.25, 0.3) is 0 Å². The van der Waals surface area contributed by atoms with E-state index in [1.165, 1.54) is 6.07 Å². The average Bonchev–Trinajstić information content (AvgIpc) is 2.29. The normalized spacial score (nSPS) is 18.1. The van der Waals surface area contributed by atoms with Crippen molar-refractivity contribution in [2.75, 3.05) is 31.7 Å². The van der Waals surface area contributed by atoms with E-state index in [2.05, 4.69) is 5.43 Å². The van der Waals surface area contributed by atoms with Crippen LogP contribution in [0, 0.1) is 0 Å². The minimum atomic E-state index is -4.30. The number of nitrogens with zero attached hydrogens (tertiary/aromatic N) is 1. The van der Waals surface area contributed by atoms with Gasteiger partial charge in [-0.15, -0.1) is 0 Å². The summed E-state index contributed by atoms with van der Waals surface area (Å²) >= 11 is 0. The van der Waals surface area contributed by atoms with Gasteiger partial charge in [-0.25, -0.2) is 5.01 Å². The topological polar surface area (TPSA) is 24.5 Å². The highest BCUT2D eigenvalue weighted by Crippen LogP contribution is 2.30. The van der Waals surface area contributed by atoms with E-state index in [0.717, 1.165) is 12.1 Å². The molecule has 0 amide bonds. The molecule has 3 nitrogen and oxygen atoms in total. The van der Waals surface area contributed by atoms with E-state index in [4.69, 9.17) is 4.74 Å².